The zero-order valence-corrected chi connectivity index (χ0v) is 19.7. The fraction of sp³-hybridized carbons (Fsp3) is 0.292. The molecule has 190 valence electrons. The number of fused-ring (bicyclic) bond motifs is 2. The van der Waals surface area contributed by atoms with Crippen LogP contribution >= 0.6 is 11.6 Å². The van der Waals surface area contributed by atoms with Crippen LogP contribution in [0.25, 0.3) is 17.2 Å². The number of aryl methyl sites for hydroxylation is 1. The van der Waals surface area contributed by atoms with Crippen molar-refractivity contribution >= 4 is 34.8 Å². The zero-order valence-electron chi connectivity index (χ0n) is 19.0. The Balaban J connectivity index is 1.49. The van der Waals surface area contributed by atoms with Gasteiger partial charge in [-0.05, 0) is 30.9 Å². The van der Waals surface area contributed by atoms with E-state index in [9.17, 15) is 18.0 Å². The van der Waals surface area contributed by atoms with Gasteiger partial charge in [-0.15, -0.1) is 0 Å². The highest BCUT2D eigenvalue weighted by atomic mass is 35.5. The van der Waals surface area contributed by atoms with Crippen LogP contribution in [0.5, 0.6) is 0 Å². The molecule has 13 heteroatoms. The average molecular weight is 532 g/mol. The van der Waals surface area contributed by atoms with E-state index < -0.39 is 36.2 Å². The monoisotopic (exact) mass is 531 g/mol. The van der Waals surface area contributed by atoms with Gasteiger partial charge < -0.3 is 15.5 Å². The number of nitrogens with zero attached hydrogens (tertiary/aromatic N) is 5. The lowest BCUT2D eigenvalue weighted by atomic mass is 9.71. The molecule has 4 aromatic rings. The van der Waals surface area contributed by atoms with Gasteiger partial charge in [-0.2, -0.15) is 13.2 Å². The van der Waals surface area contributed by atoms with Crippen molar-refractivity contribution in [2.75, 3.05) is 11.1 Å². The number of halogens is 5. The maximum atomic E-state index is 15.2. The Labute approximate surface area is 211 Å². The van der Waals surface area contributed by atoms with Crippen LogP contribution in [0, 0.1) is 11.7 Å². The van der Waals surface area contributed by atoms with Crippen LogP contribution in [0.3, 0.4) is 0 Å². The van der Waals surface area contributed by atoms with Gasteiger partial charge in [-0.3, -0.25) is 4.79 Å². The van der Waals surface area contributed by atoms with E-state index in [-0.39, 0.29) is 56.6 Å². The minimum atomic E-state index is -4.37. The van der Waals surface area contributed by atoms with Crippen LogP contribution in [0.1, 0.15) is 36.1 Å². The predicted molar refractivity (Wildman–Crippen MR) is 126 cm³/mol. The minimum Gasteiger partial charge on any atom is -0.383 e. The molecule has 0 bridgehead atoms. The third-order valence-electron chi connectivity index (χ3n) is 6.79. The smallest absolute Gasteiger partial charge is 0.383 e. The lowest BCUT2D eigenvalue weighted by Crippen LogP contribution is -2.39. The predicted octanol–water partition coefficient (Wildman–Crippen LogP) is 4.70. The van der Waals surface area contributed by atoms with E-state index in [1.807, 2.05) is 0 Å². The summed E-state index contributed by atoms with van der Waals surface area (Å²) in [6.07, 6.45) is 0.0438. The van der Waals surface area contributed by atoms with Crippen molar-refractivity contribution in [3.05, 3.63) is 64.5 Å². The van der Waals surface area contributed by atoms with Gasteiger partial charge in [0.1, 0.15) is 28.6 Å². The molecule has 0 spiro atoms. The van der Waals surface area contributed by atoms with Crippen molar-refractivity contribution in [1.29, 1.82) is 0 Å². The van der Waals surface area contributed by atoms with Gasteiger partial charge in [-0.1, -0.05) is 17.7 Å². The molecule has 1 saturated carbocycles. The summed E-state index contributed by atoms with van der Waals surface area (Å²) in [4.78, 5) is 30.8. The number of aromatic nitrogens is 5. The Morgan fingerprint density at radius 1 is 1.22 bits per heavy atom. The highest BCUT2D eigenvalue weighted by Crippen LogP contribution is 2.58. The summed E-state index contributed by atoms with van der Waals surface area (Å²) in [5.41, 5.74) is 5.90. The van der Waals surface area contributed by atoms with Gasteiger partial charge in [0.15, 0.2) is 11.5 Å². The second kappa shape index (κ2) is 8.10. The first-order valence-electron chi connectivity index (χ1n) is 11.4. The first-order chi connectivity index (χ1) is 17.6. The Bertz CT molecular complexity index is 1580. The number of amides is 1. The van der Waals surface area contributed by atoms with E-state index >= 15 is 4.39 Å². The van der Waals surface area contributed by atoms with E-state index in [4.69, 9.17) is 17.3 Å². The highest BCUT2D eigenvalue weighted by Gasteiger charge is 2.60. The average Bonchev–Trinajstić information content (AvgIpc) is 3.48. The topological polar surface area (TPSA) is 111 Å². The number of imidazole rings is 1. The number of nitrogens with one attached hydrogen (secondary N) is 1. The molecule has 1 aliphatic heterocycles. The van der Waals surface area contributed by atoms with Crippen molar-refractivity contribution in [2.45, 2.75) is 37.3 Å². The van der Waals surface area contributed by atoms with Crippen molar-refractivity contribution in [3.63, 3.8) is 0 Å². The largest absolute Gasteiger partial charge is 0.389 e. The molecule has 6 rings (SSSR count). The molecule has 1 unspecified atom stereocenters. The van der Waals surface area contributed by atoms with Crippen LogP contribution in [0.4, 0.5) is 29.2 Å². The summed E-state index contributed by atoms with van der Waals surface area (Å²) in [6.45, 7) is 0. The first-order valence-corrected chi connectivity index (χ1v) is 11.8. The molecular formula is C24H18ClF4N7O. The highest BCUT2D eigenvalue weighted by molar-refractivity contribution is 6.30. The molecular weight excluding hydrogens is 514 g/mol. The fourth-order valence-electron chi connectivity index (χ4n) is 5.12. The third-order valence-corrected chi connectivity index (χ3v) is 7.02. The molecule has 37 heavy (non-hydrogen) atoms. The summed E-state index contributed by atoms with van der Waals surface area (Å²) >= 11 is 5.95. The number of carbonyl (C=O) groups excluding carboxylic acids is 1. The molecule has 0 saturated heterocycles. The molecule has 0 radical (unpaired) electrons. The lowest BCUT2D eigenvalue weighted by Gasteiger charge is -2.29. The van der Waals surface area contributed by atoms with Crippen LogP contribution in [-0.4, -0.2) is 36.4 Å². The number of hydrogen-bond donors (Lipinski definition) is 2. The van der Waals surface area contributed by atoms with Gasteiger partial charge in [0, 0.05) is 42.0 Å². The molecule has 1 aromatic carbocycles. The minimum absolute atomic E-state index is 0.00332. The standard InChI is InChI=1S/C24H18ClF4N7O/c25-12-3-4-13(14(26)9-12)24(11-1-2-11)17-18(30)33-19(34-20(17)35-22(24)37)16-10-36-8-7-31-21(36)15(32-16)5-6-23(27,28)29/h3-4,7-11H,1-2,5-6H2,(H3,30,33,34,35,37). The first kappa shape index (κ1) is 23.6. The van der Waals surface area contributed by atoms with E-state index in [0.717, 1.165) is 6.07 Å². The molecule has 1 atom stereocenters. The molecule has 1 aliphatic carbocycles. The number of nitrogens with two attached hydrogens (primary N) is 1. The number of alkyl halides is 3. The quantitative estimate of drug-likeness (QED) is 0.361. The number of rotatable bonds is 5. The number of hydrogen-bond acceptors (Lipinski definition) is 6. The molecule has 1 amide bonds. The maximum absolute atomic E-state index is 15.2. The summed E-state index contributed by atoms with van der Waals surface area (Å²) in [6, 6.07) is 4.12. The molecule has 3 aromatic heterocycles. The molecule has 2 aliphatic rings. The van der Waals surface area contributed by atoms with Gasteiger partial charge in [-0.25, -0.2) is 24.3 Å². The van der Waals surface area contributed by atoms with Gasteiger partial charge in [0.05, 0.1) is 11.3 Å². The molecule has 8 nitrogen and oxygen atoms in total. The third kappa shape index (κ3) is 3.78. The van der Waals surface area contributed by atoms with Crippen LogP contribution < -0.4 is 11.1 Å². The number of nitrogen functional groups attached to an aromatic ring is 1. The molecule has 4 heterocycles. The summed E-state index contributed by atoms with van der Waals surface area (Å²) in [7, 11) is 0. The van der Waals surface area contributed by atoms with Gasteiger partial charge in [0.25, 0.3) is 0 Å². The number of anilines is 2. The number of carbonyl (C=O) groups is 1. The van der Waals surface area contributed by atoms with E-state index in [1.54, 1.807) is 6.20 Å². The second-order valence-corrected chi connectivity index (χ2v) is 9.60. The van der Waals surface area contributed by atoms with E-state index in [0.29, 0.717) is 12.8 Å². The van der Waals surface area contributed by atoms with Crippen molar-refractivity contribution in [2.24, 2.45) is 5.92 Å². The number of benzene rings is 1. The molecule has 1 fully saturated rings. The zero-order chi connectivity index (χ0) is 26.1. The van der Waals surface area contributed by atoms with E-state index in [1.165, 1.54) is 28.9 Å². The van der Waals surface area contributed by atoms with Crippen LogP contribution in [0.15, 0.2) is 36.8 Å². The van der Waals surface area contributed by atoms with Gasteiger partial charge in [0.2, 0.25) is 5.91 Å². The summed E-state index contributed by atoms with van der Waals surface area (Å²) in [5, 5.41) is 2.92. The van der Waals surface area contributed by atoms with Crippen molar-refractivity contribution in [1.82, 2.24) is 24.3 Å². The molecule has 3 N–H and O–H groups in total. The van der Waals surface area contributed by atoms with E-state index in [2.05, 4.69) is 25.3 Å². The fourth-order valence-corrected chi connectivity index (χ4v) is 5.27. The lowest BCUT2D eigenvalue weighted by molar-refractivity contribution is -0.134. The Morgan fingerprint density at radius 2 is 2.00 bits per heavy atom. The van der Waals surface area contributed by atoms with Crippen LogP contribution in [0.2, 0.25) is 5.02 Å². The summed E-state index contributed by atoms with van der Waals surface area (Å²) < 4.78 is 55.4. The second-order valence-electron chi connectivity index (χ2n) is 9.16. The van der Waals surface area contributed by atoms with Gasteiger partial charge >= 0.3 is 6.18 Å². The van der Waals surface area contributed by atoms with Crippen molar-refractivity contribution < 1.29 is 22.4 Å². The SMILES string of the molecule is Nc1nc(-c2cn3ccnc3c(CCC(F)(F)F)n2)nc2c1C(c1ccc(Cl)cc1F)(C1CC1)C(=O)N2. The Morgan fingerprint density at radius 3 is 2.70 bits per heavy atom. The maximum Gasteiger partial charge on any atom is 0.389 e. The van der Waals surface area contributed by atoms with Crippen LogP contribution in [-0.2, 0) is 16.6 Å². The Hall–Kier alpha value is -3.80. The normalized spacial score (nSPS) is 19.3. The summed E-state index contributed by atoms with van der Waals surface area (Å²) in [5.74, 6) is -1.28. The van der Waals surface area contributed by atoms with Crippen molar-refractivity contribution in [3.8, 4) is 11.5 Å². The Kier molecular flexibility index (Phi) is 5.17.